The maximum absolute atomic E-state index is 3.45. The third kappa shape index (κ3) is 3.36. The van der Waals surface area contributed by atoms with Crippen LogP contribution in [-0.2, 0) is 7.05 Å². The summed E-state index contributed by atoms with van der Waals surface area (Å²) >= 11 is 0. The third-order valence-corrected chi connectivity index (χ3v) is 3.94. The maximum atomic E-state index is 3.45. The predicted molar refractivity (Wildman–Crippen MR) is 76.7 cm³/mol. The van der Waals surface area contributed by atoms with Crippen LogP contribution in [0.25, 0.3) is 0 Å². The molecule has 1 aliphatic heterocycles. The number of hydrogen-bond donors (Lipinski definition) is 1. The highest BCUT2D eigenvalue weighted by molar-refractivity contribution is 5.12. The molecule has 0 aromatic carbocycles. The summed E-state index contributed by atoms with van der Waals surface area (Å²) in [5.41, 5.74) is 1.47. The van der Waals surface area contributed by atoms with Crippen molar-refractivity contribution in [3.63, 3.8) is 0 Å². The number of aromatic nitrogens is 1. The maximum Gasteiger partial charge on any atom is 0.0501 e. The molecule has 0 amide bonds. The summed E-state index contributed by atoms with van der Waals surface area (Å²) in [7, 11) is 2.17. The molecule has 2 heterocycles. The molecule has 3 nitrogen and oxygen atoms in total. The summed E-state index contributed by atoms with van der Waals surface area (Å²) in [6.45, 7) is 9.24. The molecule has 2 rings (SSSR count). The van der Waals surface area contributed by atoms with Gasteiger partial charge < -0.3 is 9.88 Å². The summed E-state index contributed by atoms with van der Waals surface area (Å²) in [4.78, 5) is 2.65. The Morgan fingerprint density at radius 1 is 1.22 bits per heavy atom. The Morgan fingerprint density at radius 2 is 1.94 bits per heavy atom. The average Bonchev–Trinajstić information content (AvgIpc) is 2.77. The molecule has 18 heavy (non-hydrogen) atoms. The van der Waals surface area contributed by atoms with E-state index in [1.165, 1.54) is 31.6 Å². The van der Waals surface area contributed by atoms with Gasteiger partial charge in [-0.15, -0.1) is 0 Å². The zero-order valence-electron chi connectivity index (χ0n) is 12.0. The second-order valence-corrected chi connectivity index (χ2v) is 5.82. The molecular weight excluding hydrogens is 222 g/mol. The SMILES string of the molecule is CC(C)CC[C@@H](c1cccn1C)N1CCNCC1. The van der Waals surface area contributed by atoms with E-state index in [1.54, 1.807) is 0 Å². The molecule has 0 unspecified atom stereocenters. The standard InChI is InChI=1S/C15H27N3/c1-13(2)6-7-15(14-5-4-10-17(14)3)18-11-8-16-9-12-18/h4-5,10,13,15-16H,6-9,11-12H2,1-3H3/t15-/m0/s1. The molecule has 102 valence electrons. The number of nitrogens with one attached hydrogen (secondary N) is 1. The van der Waals surface area contributed by atoms with Gasteiger partial charge in [-0.3, -0.25) is 4.90 Å². The third-order valence-electron chi connectivity index (χ3n) is 3.94. The Balaban J connectivity index is 2.09. The summed E-state index contributed by atoms with van der Waals surface area (Å²) in [5, 5.41) is 3.45. The Hall–Kier alpha value is -0.800. The largest absolute Gasteiger partial charge is 0.353 e. The highest BCUT2D eigenvalue weighted by atomic mass is 15.2. The zero-order chi connectivity index (χ0) is 13.0. The van der Waals surface area contributed by atoms with Gasteiger partial charge in [-0.25, -0.2) is 0 Å². The van der Waals surface area contributed by atoms with Gasteiger partial charge in [0.1, 0.15) is 0 Å². The monoisotopic (exact) mass is 249 g/mol. The van der Waals surface area contributed by atoms with Gasteiger partial charge in [0.25, 0.3) is 0 Å². The number of aryl methyl sites for hydroxylation is 1. The number of nitrogens with zero attached hydrogens (tertiary/aromatic N) is 2. The molecule has 0 saturated carbocycles. The quantitative estimate of drug-likeness (QED) is 0.865. The van der Waals surface area contributed by atoms with Crippen molar-refractivity contribution in [2.45, 2.75) is 32.7 Å². The van der Waals surface area contributed by atoms with Crippen molar-refractivity contribution in [3.8, 4) is 0 Å². The van der Waals surface area contributed by atoms with Crippen LogP contribution in [0.5, 0.6) is 0 Å². The first-order valence-corrected chi connectivity index (χ1v) is 7.24. The Bertz CT molecular complexity index is 350. The van der Waals surface area contributed by atoms with E-state index >= 15 is 0 Å². The van der Waals surface area contributed by atoms with Gasteiger partial charge >= 0.3 is 0 Å². The van der Waals surface area contributed by atoms with Crippen molar-refractivity contribution < 1.29 is 0 Å². The summed E-state index contributed by atoms with van der Waals surface area (Å²) in [6.07, 6.45) is 4.75. The molecule has 1 aromatic heterocycles. The highest BCUT2D eigenvalue weighted by Gasteiger charge is 2.23. The molecule has 1 saturated heterocycles. The van der Waals surface area contributed by atoms with Crippen molar-refractivity contribution >= 4 is 0 Å². The van der Waals surface area contributed by atoms with Crippen molar-refractivity contribution in [2.75, 3.05) is 26.2 Å². The summed E-state index contributed by atoms with van der Waals surface area (Å²) in [5.74, 6) is 0.788. The zero-order valence-corrected chi connectivity index (χ0v) is 12.0. The van der Waals surface area contributed by atoms with Crippen molar-refractivity contribution in [1.82, 2.24) is 14.8 Å². The van der Waals surface area contributed by atoms with Gasteiger partial charge in [0, 0.05) is 45.1 Å². The van der Waals surface area contributed by atoms with Crippen LogP contribution in [0.4, 0.5) is 0 Å². The lowest BCUT2D eigenvalue weighted by molar-refractivity contribution is 0.154. The minimum atomic E-state index is 0.592. The molecule has 1 aliphatic rings. The van der Waals surface area contributed by atoms with Crippen molar-refractivity contribution in [1.29, 1.82) is 0 Å². The lowest BCUT2D eigenvalue weighted by Crippen LogP contribution is -2.45. The van der Waals surface area contributed by atoms with E-state index in [2.05, 4.69) is 54.0 Å². The van der Waals surface area contributed by atoms with Crippen molar-refractivity contribution in [2.24, 2.45) is 13.0 Å². The number of piperazine rings is 1. The fourth-order valence-corrected chi connectivity index (χ4v) is 2.82. The van der Waals surface area contributed by atoms with Crippen LogP contribution < -0.4 is 5.32 Å². The molecule has 0 spiro atoms. The molecule has 1 fully saturated rings. The number of hydrogen-bond acceptors (Lipinski definition) is 2. The van der Waals surface area contributed by atoms with E-state index < -0.39 is 0 Å². The van der Waals surface area contributed by atoms with Gasteiger partial charge in [0.15, 0.2) is 0 Å². The second-order valence-electron chi connectivity index (χ2n) is 5.82. The minimum Gasteiger partial charge on any atom is -0.353 e. The van der Waals surface area contributed by atoms with Gasteiger partial charge in [-0.2, -0.15) is 0 Å². The van der Waals surface area contributed by atoms with Crippen LogP contribution in [0.15, 0.2) is 18.3 Å². The van der Waals surface area contributed by atoms with Gasteiger partial charge in [0.2, 0.25) is 0 Å². The second kappa shape index (κ2) is 6.39. The smallest absolute Gasteiger partial charge is 0.0501 e. The van der Waals surface area contributed by atoms with Gasteiger partial charge in [0.05, 0.1) is 6.04 Å². The van der Waals surface area contributed by atoms with E-state index in [0.29, 0.717) is 6.04 Å². The number of rotatable bonds is 5. The predicted octanol–water partition coefficient (Wildman–Crippen LogP) is 2.41. The molecule has 0 aliphatic carbocycles. The first-order valence-electron chi connectivity index (χ1n) is 7.24. The first kappa shape index (κ1) is 13.6. The van der Waals surface area contributed by atoms with E-state index in [4.69, 9.17) is 0 Å². The van der Waals surface area contributed by atoms with E-state index in [-0.39, 0.29) is 0 Å². The van der Waals surface area contributed by atoms with Crippen LogP contribution in [0.3, 0.4) is 0 Å². The van der Waals surface area contributed by atoms with Crippen LogP contribution in [-0.4, -0.2) is 35.6 Å². The fourth-order valence-electron chi connectivity index (χ4n) is 2.82. The topological polar surface area (TPSA) is 20.2 Å². The highest BCUT2D eigenvalue weighted by Crippen LogP contribution is 2.27. The van der Waals surface area contributed by atoms with Crippen molar-refractivity contribution in [3.05, 3.63) is 24.0 Å². The lowest BCUT2D eigenvalue weighted by atomic mass is 9.99. The molecule has 1 N–H and O–H groups in total. The fraction of sp³-hybridized carbons (Fsp3) is 0.733. The van der Waals surface area contributed by atoms with E-state index in [9.17, 15) is 0 Å². The van der Waals surface area contributed by atoms with E-state index in [1.807, 2.05) is 0 Å². The lowest BCUT2D eigenvalue weighted by Gasteiger charge is -2.35. The summed E-state index contributed by atoms with van der Waals surface area (Å²) < 4.78 is 2.28. The Kier molecular flexibility index (Phi) is 4.84. The van der Waals surface area contributed by atoms with Crippen LogP contribution in [0.2, 0.25) is 0 Å². The average molecular weight is 249 g/mol. The first-order chi connectivity index (χ1) is 8.68. The summed E-state index contributed by atoms with van der Waals surface area (Å²) in [6, 6.07) is 5.04. The van der Waals surface area contributed by atoms with Gasteiger partial charge in [-0.1, -0.05) is 13.8 Å². The minimum absolute atomic E-state index is 0.592. The molecule has 1 aromatic rings. The van der Waals surface area contributed by atoms with E-state index in [0.717, 1.165) is 19.0 Å². The Labute approximate surface area is 111 Å². The normalized spacial score (nSPS) is 19.3. The van der Waals surface area contributed by atoms with Gasteiger partial charge in [-0.05, 0) is 30.9 Å². The molecule has 0 bridgehead atoms. The molecular formula is C15H27N3. The van der Waals surface area contributed by atoms with Crippen LogP contribution in [0, 0.1) is 5.92 Å². The molecule has 1 atom stereocenters. The van der Waals surface area contributed by atoms with Crippen LogP contribution >= 0.6 is 0 Å². The van der Waals surface area contributed by atoms with Crippen LogP contribution in [0.1, 0.15) is 38.4 Å². The molecule has 3 heteroatoms. The molecule has 0 radical (unpaired) electrons. The Morgan fingerprint density at radius 3 is 2.50 bits per heavy atom.